The average molecular weight is 340 g/mol. The maximum atomic E-state index is 12.6. The van der Waals surface area contributed by atoms with Gasteiger partial charge < -0.3 is 4.42 Å². The van der Waals surface area contributed by atoms with Crippen LogP contribution in [-0.4, -0.2) is 10.9 Å². The minimum absolute atomic E-state index is 0.222. The molecule has 3 aromatic rings. The van der Waals surface area contributed by atoms with Gasteiger partial charge >= 0.3 is 0 Å². The number of benzene rings is 1. The lowest BCUT2D eigenvalue weighted by atomic mass is 9.93. The number of nitrogens with zero attached hydrogens (tertiary/aromatic N) is 1. The number of anilines is 1. The molecular formula is C19H20N2O2S. The summed E-state index contributed by atoms with van der Waals surface area (Å²) in [7, 11) is 0. The Hall–Kier alpha value is -2.14. The number of aryl methyl sites for hydroxylation is 3. The van der Waals surface area contributed by atoms with Crippen LogP contribution in [-0.2, 0) is 12.8 Å². The zero-order valence-electron chi connectivity index (χ0n) is 14.1. The summed E-state index contributed by atoms with van der Waals surface area (Å²) in [5.74, 6) is 0.847. The Labute approximate surface area is 144 Å². The van der Waals surface area contributed by atoms with Crippen molar-refractivity contribution in [1.29, 1.82) is 0 Å². The molecule has 1 unspecified atom stereocenters. The smallest absolute Gasteiger partial charge is 0.293 e. The van der Waals surface area contributed by atoms with E-state index >= 15 is 0 Å². The predicted octanol–water partition coefficient (Wildman–Crippen LogP) is 4.88. The van der Waals surface area contributed by atoms with Crippen LogP contribution >= 0.6 is 11.3 Å². The largest absolute Gasteiger partial charge is 0.451 e. The Morgan fingerprint density at radius 1 is 1.38 bits per heavy atom. The molecule has 0 spiro atoms. The number of carbonyl (C=O) groups excluding carboxylic acids is 1. The van der Waals surface area contributed by atoms with E-state index in [0.29, 0.717) is 16.8 Å². The summed E-state index contributed by atoms with van der Waals surface area (Å²) in [6, 6.07) is 5.99. The van der Waals surface area contributed by atoms with E-state index in [0.717, 1.165) is 40.6 Å². The molecule has 1 aliphatic carbocycles. The number of amides is 1. The van der Waals surface area contributed by atoms with Gasteiger partial charge in [-0.2, -0.15) is 0 Å². The predicted molar refractivity (Wildman–Crippen MR) is 96.9 cm³/mol. The Kier molecular flexibility index (Phi) is 3.68. The highest BCUT2D eigenvalue weighted by atomic mass is 32.1. The fourth-order valence-corrected chi connectivity index (χ4v) is 4.46. The van der Waals surface area contributed by atoms with Gasteiger partial charge in [-0.1, -0.05) is 19.1 Å². The number of thiazole rings is 1. The van der Waals surface area contributed by atoms with Crippen LogP contribution in [0.5, 0.6) is 0 Å². The molecule has 4 nitrogen and oxygen atoms in total. The number of fused-ring (bicyclic) bond motifs is 2. The molecule has 1 N–H and O–H groups in total. The Morgan fingerprint density at radius 2 is 2.21 bits per heavy atom. The second-order valence-electron chi connectivity index (χ2n) is 6.75. The van der Waals surface area contributed by atoms with Gasteiger partial charge in [0.15, 0.2) is 10.9 Å². The molecule has 124 valence electrons. The van der Waals surface area contributed by atoms with Crippen LogP contribution in [0, 0.1) is 19.8 Å². The first-order valence-corrected chi connectivity index (χ1v) is 9.12. The van der Waals surface area contributed by atoms with E-state index < -0.39 is 0 Å². The Morgan fingerprint density at radius 3 is 3.04 bits per heavy atom. The SMILES string of the molecule is Cc1ccc2c(C)c(C(=O)Nc3nc4c(s3)CC(C)CC4)oc2c1. The van der Waals surface area contributed by atoms with E-state index in [1.807, 2.05) is 32.0 Å². The molecule has 1 atom stereocenters. The van der Waals surface area contributed by atoms with Crippen molar-refractivity contribution < 1.29 is 9.21 Å². The monoisotopic (exact) mass is 340 g/mol. The number of rotatable bonds is 2. The maximum Gasteiger partial charge on any atom is 0.293 e. The highest BCUT2D eigenvalue weighted by Gasteiger charge is 2.23. The fraction of sp³-hybridized carbons (Fsp3) is 0.368. The molecule has 0 fully saturated rings. The summed E-state index contributed by atoms with van der Waals surface area (Å²) in [6.45, 7) is 6.20. The molecule has 0 saturated heterocycles. The molecule has 0 aliphatic heterocycles. The molecule has 0 bridgehead atoms. The highest BCUT2D eigenvalue weighted by Crippen LogP contribution is 2.33. The first-order valence-electron chi connectivity index (χ1n) is 8.31. The highest BCUT2D eigenvalue weighted by molar-refractivity contribution is 7.15. The topological polar surface area (TPSA) is 55.1 Å². The zero-order valence-corrected chi connectivity index (χ0v) is 14.9. The van der Waals surface area contributed by atoms with Crippen LogP contribution in [0.1, 0.15) is 45.6 Å². The minimum Gasteiger partial charge on any atom is -0.451 e. The third-order valence-electron chi connectivity index (χ3n) is 4.71. The zero-order chi connectivity index (χ0) is 16.8. The number of hydrogen-bond acceptors (Lipinski definition) is 4. The van der Waals surface area contributed by atoms with E-state index in [4.69, 9.17) is 4.42 Å². The van der Waals surface area contributed by atoms with Gasteiger partial charge in [0.1, 0.15) is 5.58 Å². The molecule has 0 radical (unpaired) electrons. The van der Waals surface area contributed by atoms with Crippen molar-refractivity contribution in [2.45, 2.75) is 40.0 Å². The van der Waals surface area contributed by atoms with Crippen molar-refractivity contribution in [3.63, 3.8) is 0 Å². The summed E-state index contributed by atoms with van der Waals surface area (Å²) in [6.07, 6.45) is 3.24. The molecule has 4 rings (SSSR count). The van der Waals surface area contributed by atoms with Crippen molar-refractivity contribution in [2.75, 3.05) is 5.32 Å². The molecule has 2 aromatic heterocycles. The van der Waals surface area contributed by atoms with Crippen LogP contribution < -0.4 is 5.32 Å². The van der Waals surface area contributed by atoms with Gasteiger partial charge in [0.05, 0.1) is 5.69 Å². The van der Waals surface area contributed by atoms with Crippen molar-refractivity contribution in [1.82, 2.24) is 4.98 Å². The second-order valence-corrected chi connectivity index (χ2v) is 7.83. The van der Waals surface area contributed by atoms with E-state index in [1.165, 1.54) is 11.3 Å². The molecule has 5 heteroatoms. The number of hydrogen-bond donors (Lipinski definition) is 1. The van der Waals surface area contributed by atoms with Gasteiger partial charge in [-0.25, -0.2) is 4.98 Å². The molecule has 2 heterocycles. The first-order chi connectivity index (χ1) is 11.5. The van der Waals surface area contributed by atoms with Crippen LogP contribution in [0.4, 0.5) is 5.13 Å². The lowest BCUT2D eigenvalue weighted by Crippen LogP contribution is -2.12. The maximum absolute atomic E-state index is 12.6. The Bertz CT molecular complexity index is 938. The lowest BCUT2D eigenvalue weighted by molar-refractivity contribution is 0.0998. The van der Waals surface area contributed by atoms with Crippen LogP contribution in [0.3, 0.4) is 0 Å². The van der Waals surface area contributed by atoms with Crippen molar-refractivity contribution in [2.24, 2.45) is 5.92 Å². The fourth-order valence-electron chi connectivity index (χ4n) is 3.30. The third kappa shape index (κ3) is 2.63. The summed E-state index contributed by atoms with van der Waals surface area (Å²) < 4.78 is 5.80. The standard InChI is InChI=1S/C19H20N2O2S/c1-10-4-6-13-12(3)17(23-15(13)8-10)18(22)21-19-20-14-7-5-11(2)9-16(14)24-19/h4,6,8,11H,5,7,9H2,1-3H3,(H,20,21,22). The normalized spacial score (nSPS) is 17.0. The van der Waals surface area contributed by atoms with Gasteiger partial charge in [-0.15, -0.1) is 11.3 Å². The number of aromatic nitrogens is 1. The van der Waals surface area contributed by atoms with Crippen LogP contribution in [0.2, 0.25) is 0 Å². The first kappa shape index (κ1) is 15.4. The molecule has 1 aliphatic rings. The molecule has 1 amide bonds. The third-order valence-corrected chi connectivity index (χ3v) is 5.74. The van der Waals surface area contributed by atoms with Gasteiger partial charge in [0.25, 0.3) is 5.91 Å². The van der Waals surface area contributed by atoms with Crippen LogP contribution in [0.25, 0.3) is 11.0 Å². The molecule has 0 saturated carbocycles. The van der Waals surface area contributed by atoms with Crippen LogP contribution in [0.15, 0.2) is 22.6 Å². The van der Waals surface area contributed by atoms with Crippen molar-refractivity contribution in [3.8, 4) is 0 Å². The number of carbonyl (C=O) groups is 1. The van der Waals surface area contributed by atoms with Gasteiger partial charge in [-0.3, -0.25) is 10.1 Å². The van der Waals surface area contributed by atoms with E-state index in [9.17, 15) is 4.79 Å². The van der Waals surface area contributed by atoms with Crippen molar-refractivity contribution >= 4 is 33.3 Å². The summed E-state index contributed by atoms with van der Waals surface area (Å²) in [5, 5.41) is 4.58. The quantitative estimate of drug-likeness (QED) is 0.723. The molecule has 1 aromatic carbocycles. The van der Waals surface area contributed by atoms with Gasteiger partial charge in [-0.05, 0) is 50.7 Å². The molecule has 24 heavy (non-hydrogen) atoms. The Balaban J connectivity index is 1.62. The second kappa shape index (κ2) is 5.74. The van der Waals surface area contributed by atoms with E-state index in [2.05, 4.69) is 17.2 Å². The van der Waals surface area contributed by atoms with E-state index in [1.54, 1.807) is 11.3 Å². The van der Waals surface area contributed by atoms with E-state index in [-0.39, 0.29) is 5.91 Å². The number of furan rings is 1. The summed E-state index contributed by atoms with van der Waals surface area (Å²) in [4.78, 5) is 18.5. The summed E-state index contributed by atoms with van der Waals surface area (Å²) >= 11 is 1.59. The van der Waals surface area contributed by atoms with Crippen molar-refractivity contribution in [3.05, 3.63) is 45.7 Å². The minimum atomic E-state index is -0.222. The number of nitrogens with one attached hydrogen (secondary N) is 1. The van der Waals surface area contributed by atoms with Gasteiger partial charge in [0.2, 0.25) is 0 Å². The lowest BCUT2D eigenvalue weighted by Gasteiger charge is -2.15. The molecular weight excluding hydrogens is 320 g/mol. The summed E-state index contributed by atoms with van der Waals surface area (Å²) in [5.41, 5.74) is 3.89. The average Bonchev–Trinajstić information content (AvgIpc) is 3.07. The van der Waals surface area contributed by atoms with Gasteiger partial charge in [0, 0.05) is 15.8 Å².